The van der Waals surface area contributed by atoms with Gasteiger partial charge in [-0.05, 0) is 30.3 Å². The highest BCUT2D eigenvalue weighted by atomic mass is 35.5. The predicted octanol–water partition coefficient (Wildman–Crippen LogP) is 4.27. The average molecular weight is 314 g/mol. The maximum Gasteiger partial charge on any atom is 0.156 e. The van der Waals surface area contributed by atoms with Crippen LogP contribution in [0.3, 0.4) is 0 Å². The monoisotopic (exact) mass is 313 g/mol. The number of halogens is 2. The van der Waals surface area contributed by atoms with E-state index in [1.54, 1.807) is 18.2 Å². The molecule has 3 rings (SSSR count). The molecule has 0 atom stereocenters. The van der Waals surface area contributed by atoms with E-state index in [2.05, 4.69) is 4.98 Å². The van der Waals surface area contributed by atoms with E-state index >= 15 is 0 Å². The molecule has 0 radical (unpaired) electrons. The van der Waals surface area contributed by atoms with Crippen LogP contribution in [0.4, 0.5) is 10.1 Å². The largest absolute Gasteiger partial charge is 0.455 e. The summed E-state index contributed by atoms with van der Waals surface area (Å²) in [6, 6.07) is 11.1. The number of hydrogen-bond acceptors (Lipinski definition) is 4. The third kappa shape index (κ3) is 2.52. The van der Waals surface area contributed by atoms with E-state index in [1.165, 1.54) is 24.4 Å². The molecule has 0 aliphatic rings. The third-order valence-electron chi connectivity index (χ3n) is 3.07. The molecule has 0 unspecified atom stereocenters. The molecule has 2 aromatic carbocycles. The van der Waals surface area contributed by atoms with Gasteiger partial charge in [0, 0.05) is 23.3 Å². The molecule has 0 aliphatic carbocycles. The third-order valence-corrected chi connectivity index (χ3v) is 3.36. The molecule has 0 saturated heterocycles. The second-order valence-corrected chi connectivity index (χ2v) is 4.97. The minimum Gasteiger partial charge on any atom is -0.455 e. The van der Waals surface area contributed by atoms with Gasteiger partial charge in [-0.2, -0.15) is 5.26 Å². The summed E-state index contributed by atoms with van der Waals surface area (Å²) >= 11 is 5.74. The van der Waals surface area contributed by atoms with Crippen molar-refractivity contribution in [2.45, 2.75) is 0 Å². The lowest BCUT2D eigenvalue weighted by atomic mass is 10.1. The molecule has 0 saturated carbocycles. The Hall–Kier alpha value is -2.84. The van der Waals surface area contributed by atoms with Gasteiger partial charge in [0.05, 0.1) is 10.5 Å². The molecule has 1 heterocycles. The van der Waals surface area contributed by atoms with Gasteiger partial charge in [-0.1, -0.05) is 11.6 Å². The summed E-state index contributed by atoms with van der Waals surface area (Å²) in [6.45, 7) is 0. The Morgan fingerprint density at radius 3 is 2.77 bits per heavy atom. The molecule has 1 aromatic heterocycles. The van der Waals surface area contributed by atoms with Crippen LogP contribution in [-0.2, 0) is 0 Å². The van der Waals surface area contributed by atoms with Crippen molar-refractivity contribution in [3.05, 3.63) is 59.0 Å². The number of pyridine rings is 1. The summed E-state index contributed by atoms with van der Waals surface area (Å²) in [6.07, 6.45) is 1.42. The molecule has 2 N–H and O–H groups in total. The zero-order chi connectivity index (χ0) is 15.7. The number of hydrogen-bond donors (Lipinski definition) is 1. The number of fused-ring (bicyclic) bond motifs is 1. The van der Waals surface area contributed by atoms with Crippen LogP contribution >= 0.6 is 11.6 Å². The molecule has 0 bridgehead atoms. The second kappa shape index (κ2) is 5.51. The van der Waals surface area contributed by atoms with Crippen LogP contribution in [0.5, 0.6) is 11.5 Å². The van der Waals surface area contributed by atoms with Crippen molar-refractivity contribution >= 4 is 28.2 Å². The average Bonchev–Trinajstić information content (AvgIpc) is 2.51. The summed E-state index contributed by atoms with van der Waals surface area (Å²) in [7, 11) is 0. The molecule has 3 aromatic rings. The van der Waals surface area contributed by atoms with Crippen molar-refractivity contribution in [2.24, 2.45) is 0 Å². The Morgan fingerprint density at radius 2 is 2.05 bits per heavy atom. The van der Waals surface area contributed by atoms with E-state index in [1.807, 2.05) is 6.07 Å². The van der Waals surface area contributed by atoms with Gasteiger partial charge in [0.25, 0.3) is 0 Å². The molecule has 0 fully saturated rings. The Kier molecular flexibility index (Phi) is 3.53. The number of benzene rings is 2. The van der Waals surface area contributed by atoms with Crippen LogP contribution < -0.4 is 10.5 Å². The fourth-order valence-electron chi connectivity index (χ4n) is 2.03. The first-order chi connectivity index (χ1) is 10.6. The fraction of sp³-hybridized carbons (Fsp3) is 0. The van der Waals surface area contributed by atoms with Crippen molar-refractivity contribution < 1.29 is 9.13 Å². The first-order valence-corrected chi connectivity index (χ1v) is 6.67. The topological polar surface area (TPSA) is 71.9 Å². The van der Waals surface area contributed by atoms with Gasteiger partial charge in [-0.15, -0.1) is 0 Å². The van der Waals surface area contributed by atoms with Gasteiger partial charge in [0.2, 0.25) is 0 Å². The van der Waals surface area contributed by atoms with Crippen molar-refractivity contribution in [3.63, 3.8) is 0 Å². The van der Waals surface area contributed by atoms with Crippen LogP contribution in [0.1, 0.15) is 5.56 Å². The van der Waals surface area contributed by atoms with Crippen LogP contribution in [0, 0.1) is 17.1 Å². The van der Waals surface area contributed by atoms with E-state index in [0.717, 1.165) is 0 Å². The van der Waals surface area contributed by atoms with E-state index in [0.29, 0.717) is 28.1 Å². The number of nitrogen functional groups attached to an aromatic ring is 1. The smallest absolute Gasteiger partial charge is 0.156 e. The van der Waals surface area contributed by atoms with Gasteiger partial charge >= 0.3 is 0 Å². The minimum absolute atomic E-state index is 0.0612. The predicted molar refractivity (Wildman–Crippen MR) is 82.4 cm³/mol. The van der Waals surface area contributed by atoms with E-state index in [4.69, 9.17) is 22.1 Å². The van der Waals surface area contributed by atoms with Gasteiger partial charge in [-0.3, -0.25) is 4.98 Å². The Balaban J connectivity index is 2.17. The van der Waals surface area contributed by atoms with Crippen molar-refractivity contribution in [2.75, 3.05) is 5.73 Å². The van der Waals surface area contributed by atoms with Crippen molar-refractivity contribution in [3.8, 4) is 17.6 Å². The van der Waals surface area contributed by atoms with Gasteiger partial charge in [0.15, 0.2) is 5.75 Å². The lowest BCUT2D eigenvalue weighted by Gasteiger charge is -2.11. The first kappa shape index (κ1) is 14.1. The summed E-state index contributed by atoms with van der Waals surface area (Å²) in [5, 5.41) is 9.77. The number of nitriles is 1. The summed E-state index contributed by atoms with van der Waals surface area (Å²) < 4.78 is 19.0. The summed E-state index contributed by atoms with van der Waals surface area (Å²) in [5.74, 6) is 0.0821. The second-order valence-electron chi connectivity index (χ2n) is 4.57. The number of nitrogens with zero attached hydrogens (tertiary/aromatic N) is 2. The molecule has 0 amide bonds. The lowest BCUT2D eigenvalue weighted by Crippen LogP contribution is -1.94. The Labute approximate surface area is 130 Å². The van der Waals surface area contributed by atoms with Gasteiger partial charge in [-0.25, -0.2) is 4.39 Å². The molecule has 22 heavy (non-hydrogen) atoms. The number of rotatable bonds is 2. The van der Waals surface area contributed by atoms with Crippen LogP contribution in [0.2, 0.25) is 5.02 Å². The van der Waals surface area contributed by atoms with Crippen LogP contribution in [-0.4, -0.2) is 4.98 Å². The Morgan fingerprint density at radius 1 is 1.23 bits per heavy atom. The number of anilines is 1. The molecular weight excluding hydrogens is 305 g/mol. The fourth-order valence-corrected chi connectivity index (χ4v) is 2.20. The quantitative estimate of drug-likeness (QED) is 0.717. The highest BCUT2D eigenvalue weighted by Crippen LogP contribution is 2.34. The standard InChI is InChI=1S/C16H9ClFN3O/c17-13-6-11(2-3-14(13)18)22-16-9(7-19)8-21-15-4-1-10(20)5-12(15)16/h1-6,8H,20H2. The summed E-state index contributed by atoms with van der Waals surface area (Å²) in [5.41, 5.74) is 7.19. The molecular formula is C16H9ClFN3O. The minimum atomic E-state index is -0.543. The molecule has 0 spiro atoms. The lowest BCUT2D eigenvalue weighted by molar-refractivity contribution is 0.484. The normalized spacial score (nSPS) is 10.4. The van der Waals surface area contributed by atoms with E-state index in [9.17, 15) is 9.65 Å². The highest BCUT2D eigenvalue weighted by molar-refractivity contribution is 6.30. The molecule has 0 aliphatic heterocycles. The van der Waals surface area contributed by atoms with Crippen LogP contribution in [0.25, 0.3) is 10.9 Å². The summed E-state index contributed by atoms with van der Waals surface area (Å²) in [4.78, 5) is 4.18. The molecule has 108 valence electrons. The Bertz CT molecular complexity index is 921. The zero-order valence-corrected chi connectivity index (χ0v) is 11.9. The van der Waals surface area contributed by atoms with Crippen LogP contribution in [0.15, 0.2) is 42.6 Å². The molecule has 4 nitrogen and oxygen atoms in total. The number of aromatic nitrogens is 1. The number of nitrogens with two attached hydrogens (primary N) is 1. The van der Waals surface area contributed by atoms with Crippen molar-refractivity contribution in [1.29, 1.82) is 5.26 Å². The zero-order valence-electron chi connectivity index (χ0n) is 11.2. The van der Waals surface area contributed by atoms with Gasteiger partial charge in [0.1, 0.15) is 23.2 Å². The maximum absolute atomic E-state index is 13.2. The number of ether oxygens (including phenoxy) is 1. The molecule has 6 heteroatoms. The van der Waals surface area contributed by atoms with E-state index < -0.39 is 5.82 Å². The van der Waals surface area contributed by atoms with Gasteiger partial charge < -0.3 is 10.5 Å². The maximum atomic E-state index is 13.2. The highest BCUT2D eigenvalue weighted by Gasteiger charge is 2.12. The van der Waals surface area contributed by atoms with E-state index in [-0.39, 0.29) is 10.6 Å². The van der Waals surface area contributed by atoms with Crippen molar-refractivity contribution in [1.82, 2.24) is 4.98 Å². The SMILES string of the molecule is N#Cc1cnc2ccc(N)cc2c1Oc1ccc(F)c(Cl)c1. The first-order valence-electron chi connectivity index (χ1n) is 6.30.